The molecule has 6 heteroatoms. The molecule has 1 heterocycles. The molecule has 1 aromatic rings. The Bertz CT molecular complexity index is 507. The summed E-state index contributed by atoms with van der Waals surface area (Å²) in [6, 6.07) is 6.76. The van der Waals surface area contributed by atoms with E-state index >= 15 is 0 Å². The summed E-state index contributed by atoms with van der Waals surface area (Å²) >= 11 is 5.99. The van der Waals surface area contributed by atoms with Gasteiger partial charge in [0.15, 0.2) is 0 Å². The average molecular weight is 297 g/mol. The number of carbonyl (C=O) groups excluding carboxylic acids is 2. The number of hydrogen-bond donors (Lipinski definition) is 2. The maximum Gasteiger partial charge on any atom is 0.242 e. The number of nitrogens with one attached hydrogen (secondary N) is 2. The molecule has 1 fully saturated rings. The van der Waals surface area contributed by atoms with Crippen LogP contribution in [-0.2, 0) is 9.59 Å². The third kappa shape index (κ3) is 3.87. The minimum atomic E-state index is -0.421. The van der Waals surface area contributed by atoms with Crippen LogP contribution in [0, 0.1) is 0 Å². The van der Waals surface area contributed by atoms with Gasteiger partial charge in [0.25, 0.3) is 0 Å². The van der Waals surface area contributed by atoms with Crippen molar-refractivity contribution in [2.45, 2.75) is 31.9 Å². The van der Waals surface area contributed by atoms with E-state index < -0.39 is 6.04 Å². The smallest absolute Gasteiger partial charge is 0.242 e. The Morgan fingerprint density at radius 3 is 2.95 bits per heavy atom. The van der Waals surface area contributed by atoms with Gasteiger partial charge in [-0.1, -0.05) is 23.7 Å². The summed E-state index contributed by atoms with van der Waals surface area (Å²) in [4.78, 5) is 22.9. The highest BCUT2D eigenvalue weighted by Crippen LogP contribution is 2.24. The van der Waals surface area contributed by atoms with Gasteiger partial charge in [0.2, 0.25) is 11.8 Å². The van der Waals surface area contributed by atoms with Gasteiger partial charge in [0.1, 0.15) is 17.9 Å². The predicted molar refractivity (Wildman–Crippen MR) is 75.7 cm³/mol. The molecule has 2 rings (SSSR count). The number of benzene rings is 1. The van der Waals surface area contributed by atoms with E-state index in [1.54, 1.807) is 12.1 Å². The van der Waals surface area contributed by atoms with Crippen LogP contribution in [0.3, 0.4) is 0 Å². The van der Waals surface area contributed by atoms with Gasteiger partial charge >= 0.3 is 0 Å². The molecule has 0 bridgehead atoms. The molecule has 108 valence electrons. The topological polar surface area (TPSA) is 67.4 Å². The first-order valence-corrected chi connectivity index (χ1v) is 6.92. The summed E-state index contributed by atoms with van der Waals surface area (Å²) in [5, 5.41) is 5.92. The lowest BCUT2D eigenvalue weighted by Gasteiger charge is -2.17. The molecule has 20 heavy (non-hydrogen) atoms. The Hall–Kier alpha value is -1.75. The molecular weight excluding hydrogens is 280 g/mol. The van der Waals surface area contributed by atoms with E-state index in [0.717, 1.165) is 0 Å². The van der Waals surface area contributed by atoms with Crippen LogP contribution in [0.4, 0.5) is 0 Å². The first kappa shape index (κ1) is 14.7. The van der Waals surface area contributed by atoms with E-state index in [9.17, 15) is 9.59 Å². The van der Waals surface area contributed by atoms with Gasteiger partial charge in [0.05, 0.1) is 11.6 Å². The van der Waals surface area contributed by atoms with Crippen LogP contribution >= 0.6 is 11.6 Å². The lowest BCUT2D eigenvalue weighted by atomic mass is 10.2. The second-order valence-corrected chi connectivity index (χ2v) is 5.17. The van der Waals surface area contributed by atoms with E-state index in [1.807, 2.05) is 19.1 Å². The summed E-state index contributed by atoms with van der Waals surface area (Å²) in [5.74, 6) is 0.334. The summed E-state index contributed by atoms with van der Waals surface area (Å²) < 4.78 is 5.65. The molecule has 0 unspecified atom stereocenters. The van der Waals surface area contributed by atoms with Crippen molar-refractivity contribution in [1.29, 1.82) is 0 Å². The largest absolute Gasteiger partial charge is 0.487 e. The zero-order valence-electron chi connectivity index (χ0n) is 11.2. The van der Waals surface area contributed by atoms with Crippen LogP contribution in [0.2, 0.25) is 5.02 Å². The van der Waals surface area contributed by atoms with Gasteiger partial charge in [-0.2, -0.15) is 0 Å². The third-order valence-corrected chi connectivity index (χ3v) is 3.35. The Balaban J connectivity index is 1.78. The van der Waals surface area contributed by atoms with Crippen LogP contribution in [0.15, 0.2) is 24.3 Å². The Kier molecular flexibility index (Phi) is 4.84. The van der Waals surface area contributed by atoms with Crippen molar-refractivity contribution in [3.63, 3.8) is 0 Å². The molecule has 2 amide bonds. The Labute approximate surface area is 122 Å². The van der Waals surface area contributed by atoms with Crippen LogP contribution in [-0.4, -0.2) is 30.5 Å². The zero-order chi connectivity index (χ0) is 14.5. The quantitative estimate of drug-likeness (QED) is 0.865. The molecule has 0 aromatic heterocycles. The summed E-state index contributed by atoms with van der Waals surface area (Å²) in [5.41, 5.74) is 0. The normalized spacial score (nSPS) is 19.3. The maximum absolute atomic E-state index is 11.8. The van der Waals surface area contributed by atoms with Crippen molar-refractivity contribution < 1.29 is 14.3 Å². The van der Waals surface area contributed by atoms with Crippen molar-refractivity contribution in [3.8, 4) is 5.75 Å². The molecule has 2 atom stereocenters. The fourth-order valence-corrected chi connectivity index (χ4v) is 2.16. The van der Waals surface area contributed by atoms with Gasteiger partial charge in [0, 0.05) is 6.42 Å². The van der Waals surface area contributed by atoms with Gasteiger partial charge in [-0.3, -0.25) is 9.59 Å². The molecule has 0 aliphatic carbocycles. The van der Waals surface area contributed by atoms with E-state index in [4.69, 9.17) is 16.3 Å². The van der Waals surface area contributed by atoms with Crippen molar-refractivity contribution in [2.75, 3.05) is 6.54 Å². The molecular formula is C14H17ClN2O3. The summed E-state index contributed by atoms with van der Waals surface area (Å²) in [7, 11) is 0. The molecule has 0 saturated carbocycles. The third-order valence-electron chi connectivity index (χ3n) is 3.04. The molecule has 0 spiro atoms. The average Bonchev–Trinajstić information content (AvgIpc) is 2.85. The highest BCUT2D eigenvalue weighted by Gasteiger charge is 2.27. The van der Waals surface area contributed by atoms with E-state index in [-0.39, 0.29) is 17.9 Å². The van der Waals surface area contributed by atoms with Crippen molar-refractivity contribution in [2.24, 2.45) is 0 Å². The molecule has 1 aromatic carbocycles. The Morgan fingerprint density at radius 2 is 2.30 bits per heavy atom. The SMILES string of the molecule is C[C@@H](CNC(=O)[C@@H]1CCC(=O)N1)Oc1ccccc1Cl. The van der Waals surface area contributed by atoms with Crippen LogP contribution in [0.25, 0.3) is 0 Å². The lowest BCUT2D eigenvalue weighted by molar-refractivity contribution is -0.126. The Morgan fingerprint density at radius 1 is 1.55 bits per heavy atom. The second-order valence-electron chi connectivity index (χ2n) is 4.76. The van der Waals surface area contributed by atoms with Gasteiger partial charge in [-0.25, -0.2) is 0 Å². The minimum Gasteiger partial charge on any atom is -0.487 e. The molecule has 2 N–H and O–H groups in total. The molecule has 0 radical (unpaired) electrons. The summed E-state index contributed by atoms with van der Waals surface area (Å²) in [6.07, 6.45) is 0.740. The molecule has 5 nitrogen and oxygen atoms in total. The van der Waals surface area contributed by atoms with Crippen LogP contribution in [0.5, 0.6) is 5.75 Å². The number of hydrogen-bond acceptors (Lipinski definition) is 3. The number of halogens is 1. The fourth-order valence-electron chi connectivity index (χ4n) is 1.98. The van der Waals surface area contributed by atoms with Gasteiger partial charge in [-0.15, -0.1) is 0 Å². The van der Waals surface area contributed by atoms with Crippen LogP contribution in [0.1, 0.15) is 19.8 Å². The monoisotopic (exact) mass is 296 g/mol. The molecule has 1 aliphatic heterocycles. The number of ether oxygens (including phenoxy) is 1. The predicted octanol–water partition coefficient (Wildman–Crippen LogP) is 1.50. The number of amides is 2. The van der Waals surface area contributed by atoms with Gasteiger partial charge in [-0.05, 0) is 25.5 Å². The standard InChI is InChI=1S/C14H17ClN2O3/c1-9(20-12-5-3-2-4-10(12)15)8-16-14(19)11-6-7-13(18)17-11/h2-5,9,11H,6-8H2,1H3,(H,16,19)(H,17,18)/t9-,11-/m0/s1. The number of rotatable bonds is 5. The second kappa shape index (κ2) is 6.61. The van der Waals surface area contributed by atoms with Crippen molar-refractivity contribution >= 4 is 23.4 Å². The summed E-state index contributed by atoms with van der Waals surface area (Å²) in [6.45, 7) is 2.20. The first-order chi connectivity index (χ1) is 9.56. The van der Waals surface area contributed by atoms with Gasteiger partial charge < -0.3 is 15.4 Å². The zero-order valence-corrected chi connectivity index (χ0v) is 11.9. The lowest BCUT2D eigenvalue weighted by Crippen LogP contribution is -2.44. The van der Waals surface area contributed by atoms with Crippen molar-refractivity contribution in [1.82, 2.24) is 10.6 Å². The van der Waals surface area contributed by atoms with Crippen LogP contribution < -0.4 is 15.4 Å². The maximum atomic E-state index is 11.8. The molecule has 1 aliphatic rings. The van der Waals surface area contributed by atoms with Crippen molar-refractivity contribution in [3.05, 3.63) is 29.3 Å². The first-order valence-electron chi connectivity index (χ1n) is 6.54. The highest BCUT2D eigenvalue weighted by atomic mass is 35.5. The fraction of sp³-hybridized carbons (Fsp3) is 0.429. The van der Waals surface area contributed by atoms with E-state index in [1.165, 1.54) is 0 Å². The minimum absolute atomic E-state index is 0.0782. The van der Waals surface area contributed by atoms with E-state index in [0.29, 0.717) is 30.2 Å². The number of carbonyl (C=O) groups is 2. The van der Waals surface area contributed by atoms with E-state index in [2.05, 4.69) is 10.6 Å². The molecule has 1 saturated heterocycles. The number of para-hydroxylation sites is 1. The highest BCUT2D eigenvalue weighted by molar-refractivity contribution is 6.32.